The Labute approximate surface area is 158 Å². The Hall–Kier alpha value is -2.86. The number of hydrogen-bond acceptors (Lipinski definition) is 6. The molecule has 2 aromatic rings. The Morgan fingerprint density at radius 3 is 2.00 bits per heavy atom. The fourth-order valence-corrected chi connectivity index (χ4v) is 2.76. The van der Waals surface area contributed by atoms with Crippen molar-refractivity contribution in [1.82, 2.24) is 0 Å². The highest BCUT2D eigenvalue weighted by Gasteiger charge is 2.12. The van der Waals surface area contributed by atoms with Crippen molar-refractivity contribution in [3.8, 4) is 17.2 Å². The molecule has 0 bridgehead atoms. The predicted octanol–water partition coefficient (Wildman–Crippen LogP) is 2.69. The van der Waals surface area contributed by atoms with E-state index in [2.05, 4.69) is 0 Å². The molecule has 27 heavy (non-hydrogen) atoms. The van der Waals surface area contributed by atoms with E-state index < -0.39 is 0 Å². The van der Waals surface area contributed by atoms with Crippen LogP contribution in [0.15, 0.2) is 36.4 Å². The summed E-state index contributed by atoms with van der Waals surface area (Å²) in [5.74, 6) is 0.151. The van der Waals surface area contributed by atoms with E-state index >= 15 is 0 Å². The van der Waals surface area contributed by atoms with Gasteiger partial charge < -0.3 is 20.1 Å². The van der Waals surface area contributed by atoms with Gasteiger partial charge in [0.05, 0.1) is 20.1 Å². The first-order chi connectivity index (χ1) is 12.9. The van der Waals surface area contributed by atoms with Crippen molar-refractivity contribution in [2.75, 3.05) is 7.11 Å². The second kappa shape index (κ2) is 9.73. The number of benzene rings is 2. The van der Waals surface area contributed by atoms with Gasteiger partial charge in [0, 0.05) is 18.4 Å². The van der Waals surface area contributed by atoms with Crippen LogP contribution in [0.2, 0.25) is 0 Å². The molecule has 0 aliphatic heterocycles. The molecule has 0 fully saturated rings. The number of ether oxygens (including phenoxy) is 1. The fourth-order valence-electron chi connectivity index (χ4n) is 2.76. The SMILES string of the molecule is COc1cc(CCC(=O)CC(=O)CCc2ccc(O)c(CO)c2)ccc1O. The second-order valence-corrected chi connectivity index (χ2v) is 6.38. The van der Waals surface area contributed by atoms with Crippen LogP contribution in [0.5, 0.6) is 17.2 Å². The summed E-state index contributed by atoms with van der Waals surface area (Å²) in [5.41, 5.74) is 2.10. The highest BCUT2D eigenvalue weighted by molar-refractivity contribution is 5.99. The van der Waals surface area contributed by atoms with Crippen molar-refractivity contribution in [3.05, 3.63) is 53.1 Å². The average Bonchev–Trinajstić information content (AvgIpc) is 2.66. The van der Waals surface area contributed by atoms with Gasteiger partial charge in [-0.25, -0.2) is 0 Å². The number of phenols is 2. The minimum Gasteiger partial charge on any atom is -0.508 e. The molecule has 6 nitrogen and oxygen atoms in total. The topological polar surface area (TPSA) is 104 Å². The van der Waals surface area contributed by atoms with Crippen molar-refractivity contribution in [2.24, 2.45) is 0 Å². The van der Waals surface area contributed by atoms with E-state index in [9.17, 15) is 19.8 Å². The number of ketones is 2. The summed E-state index contributed by atoms with van der Waals surface area (Å²) in [6.07, 6.45) is 1.29. The third-order valence-electron chi connectivity index (χ3n) is 4.34. The van der Waals surface area contributed by atoms with Gasteiger partial charge in [-0.3, -0.25) is 9.59 Å². The number of carbonyl (C=O) groups is 2. The van der Waals surface area contributed by atoms with Gasteiger partial charge in [-0.05, 0) is 48.2 Å². The Morgan fingerprint density at radius 1 is 0.889 bits per heavy atom. The van der Waals surface area contributed by atoms with Gasteiger partial charge >= 0.3 is 0 Å². The summed E-state index contributed by atoms with van der Waals surface area (Å²) in [5, 5.41) is 28.3. The third-order valence-corrected chi connectivity index (χ3v) is 4.34. The first-order valence-electron chi connectivity index (χ1n) is 8.74. The maximum absolute atomic E-state index is 12.0. The van der Waals surface area contributed by atoms with Crippen LogP contribution in [0.3, 0.4) is 0 Å². The molecule has 0 atom stereocenters. The van der Waals surface area contributed by atoms with Crippen LogP contribution in [0.1, 0.15) is 36.0 Å². The third kappa shape index (κ3) is 6.11. The van der Waals surface area contributed by atoms with Crippen LogP contribution in [0.25, 0.3) is 0 Å². The summed E-state index contributed by atoms with van der Waals surface area (Å²) in [4.78, 5) is 24.1. The lowest BCUT2D eigenvalue weighted by Crippen LogP contribution is -2.09. The second-order valence-electron chi connectivity index (χ2n) is 6.38. The number of aliphatic hydroxyl groups is 1. The van der Waals surface area contributed by atoms with Crippen LogP contribution < -0.4 is 4.74 Å². The summed E-state index contributed by atoms with van der Waals surface area (Å²) in [7, 11) is 1.46. The Balaban J connectivity index is 1.79. The first-order valence-corrected chi connectivity index (χ1v) is 8.74. The first kappa shape index (κ1) is 20.5. The van der Waals surface area contributed by atoms with Crippen LogP contribution in [0.4, 0.5) is 0 Å². The van der Waals surface area contributed by atoms with Crippen LogP contribution >= 0.6 is 0 Å². The van der Waals surface area contributed by atoms with Gasteiger partial charge in [-0.1, -0.05) is 12.1 Å². The van der Waals surface area contributed by atoms with Gasteiger partial charge in [0.2, 0.25) is 0 Å². The van der Waals surface area contributed by atoms with Gasteiger partial charge in [-0.2, -0.15) is 0 Å². The maximum atomic E-state index is 12.0. The molecule has 0 aromatic heterocycles. The van der Waals surface area contributed by atoms with Crippen LogP contribution in [-0.4, -0.2) is 34.0 Å². The zero-order valence-corrected chi connectivity index (χ0v) is 15.3. The minimum absolute atomic E-state index is 0.0219. The van der Waals surface area contributed by atoms with E-state index in [0.717, 1.165) is 11.1 Å². The normalized spacial score (nSPS) is 10.6. The van der Waals surface area contributed by atoms with E-state index in [0.29, 0.717) is 24.2 Å². The Morgan fingerprint density at radius 2 is 1.44 bits per heavy atom. The van der Waals surface area contributed by atoms with Gasteiger partial charge in [0.25, 0.3) is 0 Å². The summed E-state index contributed by atoms with van der Waals surface area (Å²) >= 11 is 0. The number of phenolic OH excluding ortho intramolecular Hbond substituents is 1. The number of carbonyl (C=O) groups excluding carboxylic acids is 2. The summed E-state index contributed by atoms with van der Waals surface area (Å²) in [6, 6.07) is 9.75. The molecule has 2 aromatic carbocycles. The smallest absolute Gasteiger partial charge is 0.160 e. The average molecular weight is 372 g/mol. The highest BCUT2D eigenvalue weighted by atomic mass is 16.5. The largest absolute Gasteiger partial charge is 0.508 e. The molecule has 0 saturated heterocycles. The Kier molecular flexibility index (Phi) is 7.37. The van der Waals surface area contributed by atoms with Crippen molar-refractivity contribution < 1.29 is 29.6 Å². The van der Waals surface area contributed by atoms with E-state index in [4.69, 9.17) is 9.84 Å². The van der Waals surface area contributed by atoms with Gasteiger partial charge in [0.15, 0.2) is 11.5 Å². The molecule has 6 heteroatoms. The lowest BCUT2D eigenvalue weighted by molar-refractivity contribution is -0.126. The van der Waals surface area contributed by atoms with Crippen molar-refractivity contribution in [3.63, 3.8) is 0 Å². The van der Waals surface area contributed by atoms with Crippen molar-refractivity contribution in [1.29, 1.82) is 0 Å². The quantitative estimate of drug-likeness (QED) is 0.554. The summed E-state index contributed by atoms with van der Waals surface area (Å²) < 4.78 is 5.03. The lowest BCUT2D eigenvalue weighted by atomic mass is 10.00. The van der Waals surface area contributed by atoms with Crippen molar-refractivity contribution >= 4 is 11.6 Å². The molecule has 0 heterocycles. The molecule has 144 valence electrons. The van der Waals surface area contributed by atoms with E-state index in [1.54, 1.807) is 24.3 Å². The van der Waals surface area contributed by atoms with Crippen molar-refractivity contribution in [2.45, 2.75) is 38.7 Å². The number of aryl methyl sites for hydroxylation is 2. The molecule has 0 amide bonds. The number of methoxy groups -OCH3 is 1. The minimum atomic E-state index is -0.270. The maximum Gasteiger partial charge on any atom is 0.160 e. The lowest BCUT2D eigenvalue weighted by Gasteiger charge is -2.07. The monoisotopic (exact) mass is 372 g/mol. The molecular weight excluding hydrogens is 348 g/mol. The van der Waals surface area contributed by atoms with Gasteiger partial charge in [0.1, 0.15) is 17.3 Å². The standard InChI is InChI=1S/C21H24O6/c1-27-21-11-15(5-9-20(21)26)3-7-18(24)12-17(23)6-2-14-4-8-19(25)16(10-14)13-22/h4-5,8-11,22,25-26H,2-3,6-7,12-13H2,1H3. The fraction of sp³-hybridized carbons (Fsp3) is 0.333. The van der Waals surface area contributed by atoms with Gasteiger partial charge in [-0.15, -0.1) is 0 Å². The molecule has 2 rings (SSSR count). The van der Waals surface area contributed by atoms with Crippen LogP contribution in [-0.2, 0) is 29.0 Å². The number of aromatic hydroxyl groups is 2. The molecule has 0 radical (unpaired) electrons. The predicted molar refractivity (Wildman–Crippen MR) is 100.0 cm³/mol. The van der Waals surface area contributed by atoms with Crippen LogP contribution in [0, 0.1) is 0 Å². The van der Waals surface area contributed by atoms with E-state index in [-0.39, 0.29) is 48.9 Å². The molecular formula is C21H24O6. The highest BCUT2D eigenvalue weighted by Crippen LogP contribution is 2.26. The number of Topliss-reactive ketones (excluding diaryl/α,β-unsaturated/α-hetero) is 2. The number of aliphatic hydroxyl groups excluding tert-OH is 1. The number of hydrogen-bond donors (Lipinski definition) is 3. The molecule has 0 unspecified atom stereocenters. The Bertz CT molecular complexity index is 745. The molecule has 0 aliphatic carbocycles. The van der Waals surface area contributed by atoms with E-state index in [1.165, 1.54) is 19.2 Å². The zero-order chi connectivity index (χ0) is 19.8. The summed E-state index contributed by atoms with van der Waals surface area (Å²) in [6.45, 7) is -0.270. The molecule has 0 saturated carbocycles. The zero-order valence-electron chi connectivity index (χ0n) is 15.3. The number of rotatable bonds is 10. The molecule has 3 N–H and O–H groups in total. The molecule has 0 spiro atoms. The molecule has 0 aliphatic rings. The van der Waals surface area contributed by atoms with E-state index in [1.807, 2.05) is 0 Å².